The van der Waals surface area contributed by atoms with Gasteiger partial charge >= 0.3 is 0 Å². The number of rotatable bonds is 4. The molecule has 2 atom stereocenters. The van der Waals surface area contributed by atoms with Gasteiger partial charge in [0.25, 0.3) is 0 Å². The second kappa shape index (κ2) is 9.79. The van der Waals surface area contributed by atoms with Gasteiger partial charge in [0.15, 0.2) is 5.96 Å². The summed E-state index contributed by atoms with van der Waals surface area (Å²) in [6.07, 6.45) is 2.82. The Morgan fingerprint density at radius 2 is 2.12 bits per heavy atom. The molecule has 0 aromatic heterocycles. The zero-order valence-electron chi connectivity index (χ0n) is 14.0. The summed E-state index contributed by atoms with van der Waals surface area (Å²) in [5.74, 6) is 0.798. The Kier molecular flexibility index (Phi) is 8.06. The van der Waals surface area contributed by atoms with E-state index in [9.17, 15) is 0 Å². The van der Waals surface area contributed by atoms with Gasteiger partial charge in [0, 0.05) is 37.7 Å². The zero-order chi connectivity index (χ0) is 16.1. The van der Waals surface area contributed by atoms with Crippen molar-refractivity contribution >= 4 is 41.5 Å². The fraction of sp³-hybridized carbons (Fsp3) is 0.588. The van der Waals surface area contributed by atoms with Gasteiger partial charge in [-0.1, -0.05) is 23.7 Å². The fourth-order valence-corrected chi connectivity index (χ4v) is 3.35. The van der Waals surface area contributed by atoms with Gasteiger partial charge < -0.3 is 15.4 Å². The normalized spacial score (nSPS) is 24.2. The van der Waals surface area contributed by atoms with Crippen molar-refractivity contribution in [1.29, 1.82) is 0 Å². The minimum atomic E-state index is 0. The van der Waals surface area contributed by atoms with E-state index in [1.807, 2.05) is 24.3 Å². The molecule has 5 nitrogen and oxygen atoms in total. The molecule has 2 heterocycles. The second-order valence-electron chi connectivity index (χ2n) is 6.18. The third kappa shape index (κ3) is 5.47. The van der Waals surface area contributed by atoms with Crippen LogP contribution in [0.4, 0.5) is 0 Å². The number of guanidine groups is 1. The van der Waals surface area contributed by atoms with Crippen molar-refractivity contribution in [3.63, 3.8) is 0 Å². The molecule has 2 saturated heterocycles. The lowest BCUT2D eigenvalue weighted by Crippen LogP contribution is -2.51. The molecule has 2 aliphatic rings. The molecule has 0 spiro atoms. The summed E-state index contributed by atoms with van der Waals surface area (Å²) in [5.41, 5.74) is 1.17. The van der Waals surface area contributed by atoms with Crippen molar-refractivity contribution < 1.29 is 4.74 Å². The lowest BCUT2D eigenvalue weighted by atomic mass is 10.2. The average molecular weight is 465 g/mol. The van der Waals surface area contributed by atoms with Crippen LogP contribution in [0.15, 0.2) is 29.3 Å². The van der Waals surface area contributed by atoms with Crippen LogP contribution in [-0.4, -0.2) is 56.3 Å². The number of morpholine rings is 1. The number of nitrogens with one attached hydrogen (secondary N) is 2. The van der Waals surface area contributed by atoms with E-state index in [0.717, 1.165) is 37.2 Å². The van der Waals surface area contributed by atoms with Crippen LogP contribution in [0.25, 0.3) is 0 Å². The molecule has 24 heavy (non-hydrogen) atoms. The summed E-state index contributed by atoms with van der Waals surface area (Å²) in [4.78, 5) is 6.83. The van der Waals surface area contributed by atoms with E-state index in [-0.39, 0.29) is 30.1 Å². The van der Waals surface area contributed by atoms with Crippen molar-refractivity contribution in [2.75, 3.05) is 33.3 Å². The van der Waals surface area contributed by atoms with E-state index in [2.05, 4.69) is 20.5 Å². The van der Waals surface area contributed by atoms with Crippen LogP contribution in [0.5, 0.6) is 0 Å². The predicted molar refractivity (Wildman–Crippen MR) is 109 cm³/mol. The SMILES string of the molecule is CN=C(NCc1ccc(Cl)cc1)NCC1CN2CCCC2CO1.I. The Bertz CT molecular complexity index is 540. The molecule has 2 aliphatic heterocycles. The number of benzene rings is 1. The summed E-state index contributed by atoms with van der Waals surface area (Å²) in [6, 6.07) is 8.48. The van der Waals surface area contributed by atoms with Crippen LogP contribution < -0.4 is 10.6 Å². The highest BCUT2D eigenvalue weighted by atomic mass is 127. The largest absolute Gasteiger partial charge is 0.373 e. The molecule has 0 amide bonds. The lowest BCUT2D eigenvalue weighted by molar-refractivity contribution is -0.0453. The fourth-order valence-electron chi connectivity index (χ4n) is 3.23. The molecule has 134 valence electrons. The standard InChI is InChI=1S/C17H25ClN4O.HI/c1-19-17(20-9-13-4-6-14(18)7-5-13)21-10-16-11-22-8-2-3-15(22)12-23-16;/h4-7,15-16H,2-3,8-12H2,1H3,(H2,19,20,21);1H. The molecule has 2 unspecified atom stereocenters. The Hall–Kier alpha value is -0.570. The third-order valence-corrected chi connectivity index (χ3v) is 4.81. The van der Waals surface area contributed by atoms with Crippen molar-refractivity contribution in [2.24, 2.45) is 4.99 Å². The molecule has 7 heteroatoms. The molecule has 2 fully saturated rings. The Labute approximate surface area is 166 Å². The maximum absolute atomic E-state index is 5.96. The van der Waals surface area contributed by atoms with Crippen molar-refractivity contribution in [2.45, 2.75) is 31.5 Å². The number of hydrogen-bond acceptors (Lipinski definition) is 3. The van der Waals surface area contributed by atoms with Gasteiger partial charge in [-0.3, -0.25) is 9.89 Å². The first-order valence-corrected chi connectivity index (χ1v) is 8.67. The number of fused-ring (bicyclic) bond motifs is 1. The van der Waals surface area contributed by atoms with E-state index in [1.165, 1.54) is 24.9 Å². The molecule has 3 rings (SSSR count). The zero-order valence-corrected chi connectivity index (χ0v) is 17.1. The highest BCUT2D eigenvalue weighted by Gasteiger charge is 2.32. The van der Waals surface area contributed by atoms with Crippen LogP contribution >= 0.6 is 35.6 Å². The van der Waals surface area contributed by atoms with Crippen LogP contribution in [-0.2, 0) is 11.3 Å². The van der Waals surface area contributed by atoms with Crippen LogP contribution in [0.3, 0.4) is 0 Å². The maximum atomic E-state index is 5.96. The van der Waals surface area contributed by atoms with Gasteiger partial charge in [0.2, 0.25) is 0 Å². The molecular weight excluding hydrogens is 439 g/mol. The number of nitrogens with zero attached hydrogens (tertiary/aromatic N) is 2. The predicted octanol–water partition coefficient (Wildman–Crippen LogP) is 2.49. The van der Waals surface area contributed by atoms with E-state index >= 15 is 0 Å². The average Bonchev–Trinajstić information content (AvgIpc) is 3.04. The molecular formula is C17H26ClIN4O. The summed E-state index contributed by atoms with van der Waals surface area (Å²) >= 11 is 5.90. The highest BCUT2D eigenvalue weighted by molar-refractivity contribution is 14.0. The van der Waals surface area contributed by atoms with E-state index in [0.29, 0.717) is 6.04 Å². The second-order valence-corrected chi connectivity index (χ2v) is 6.62. The van der Waals surface area contributed by atoms with E-state index in [1.54, 1.807) is 7.05 Å². The summed E-state index contributed by atoms with van der Waals surface area (Å²) in [6.45, 7) is 4.60. The number of hydrogen-bond donors (Lipinski definition) is 2. The van der Waals surface area contributed by atoms with Gasteiger partial charge in [-0.25, -0.2) is 0 Å². The van der Waals surface area contributed by atoms with Gasteiger partial charge in [0.05, 0.1) is 12.7 Å². The van der Waals surface area contributed by atoms with Crippen molar-refractivity contribution in [3.8, 4) is 0 Å². The third-order valence-electron chi connectivity index (χ3n) is 4.56. The first kappa shape index (κ1) is 19.8. The highest BCUT2D eigenvalue weighted by Crippen LogP contribution is 2.22. The van der Waals surface area contributed by atoms with Crippen molar-refractivity contribution in [3.05, 3.63) is 34.9 Å². The summed E-state index contributed by atoms with van der Waals surface area (Å²) in [5, 5.41) is 7.44. The van der Waals surface area contributed by atoms with Gasteiger partial charge in [0.1, 0.15) is 0 Å². The summed E-state index contributed by atoms with van der Waals surface area (Å²) in [7, 11) is 1.79. The lowest BCUT2D eigenvalue weighted by Gasteiger charge is -2.35. The quantitative estimate of drug-likeness (QED) is 0.408. The number of ether oxygens (including phenoxy) is 1. The van der Waals surface area contributed by atoms with Gasteiger partial charge in [-0.05, 0) is 37.1 Å². The maximum Gasteiger partial charge on any atom is 0.191 e. The molecule has 0 saturated carbocycles. The monoisotopic (exact) mass is 464 g/mol. The Morgan fingerprint density at radius 1 is 1.33 bits per heavy atom. The van der Waals surface area contributed by atoms with Crippen LogP contribution in [0.1, 0.15) is 18.4 Å². The number of halogens is 2. The van der Waals surface area contributed by atoms with Crippen LogP contribution in [0, 0.1) is 0 Å². The number of aliphatic imine (C=N–C) groups is 1. The first-order chi connectivity index (χ1) is 11.2. The minimum Gasteiger partial charge on any atom is -0.373 e. The summed E-state index contributed by atoms with van der Waals surface area (Å²) < 4.78 is 5.96. The van der Waals surface area contributed by atoms with E-state index in [4.69, 9.17) is 16.3 Å². The first-order valence-electron chi connectivity index (χ1n) is 8.29. The molecule has 2 N–H and O–H groups in total. The molecule has 0 radical (unpaired) electrons. The molecule has 0 aliphatic carbocycles. The Balaban J connectivity index is 0.00000208. The topological polar surface area (TPSA) is 48.9 Å². The van der Waals surface area contributed by atoms with Crippen molar-refractivity contribution in [1.82, 2.24) is 15.5 Å². The smallest absolute Gasteiger partial charge is 0.191 e. The molecule has 0 bridgehead atoms. The van der Waals surface area contributed by atoms with E-state index < -0.39 is 0 Å². The van der Waals surface area contributed by atoms with Gasteiger partial charge in [-0.2, -0.15) is 0 Å². The molecule has 1 aromatic carbocycles. The minimum absolute atomic E-state index is 0. The van der Waals surface area contributed by atoms with Crippen LogP contribution in [0.2, 0.25) is 5.02 Å². The molecule has 1 aromatic rings. The van der Waals surface area contributed by atoms with Gasteiger partial charge in [-0.15, -0.1) is 24.0 Å². The Morgan fingerprint density at radius 3 is 2.88 bits per heavy atom.